The Morgan fingerprint density at radius 1 is 1.53 bits per heavy atom. The minimum atomic E-state index is -0.811. The van der Waals surface area contributed by atoms with Crippen LogP contribution in [-0.4, -0.2) is 35.2 Å². The third-order valence-corrected chi connectivity index (χ3v) is 3.20. The Kier molecular flexibility index (Phi) is 3.69. The second-order valence-electron chi connectivity index (χ2n) is 4.56. The number of hydrogen-bond donors (Lipinski definition) is 2. The van der Waals surface area contributed by atoms with Crippen molar-refractivity contribution < 1.29 is 19.4 Å². The fourth-order valence-electron chi connectivity index (χ4n) is 1.79. The highest BCUT2D eigenvalue weighted by Gasteiger charge is 2.50. The lowest BCUT2D eigenvalue weighted by Gasteiger charge is -2.13. The summed E-state index contributed by atoms with van der Waals surface area (Å²) in [6.07, 6.45) is 2.85. The van der Waals surface area contributed by atoms with Crippen LogP contribution in [0.5, 0.6) is 0 Å². The number of hydrogen-bond acceptors (Lipinski definition) is 5. The SMILES string of the molecule is CCOC(=O)c1cccnc1NCC1(C(=O)O)CC1. The lowest BCUT2D eigenvalue weighted by Crippen LogP contribution is -2.25. The van der Waals surface area contributed by atoms with E-state index in [9.17, 15) is 9.59 Å². The zero-order chi connectivity index (χ0) is 13.9. The highest BCUT2D eigenvalue weighted by atomic mass is 16.5. The molecule has 19 heavy (non-hydrogen) atoms. The summed E-state index contributed by atoms with van der Waals surface area (Å²) in [5, 5.41) is 12.0. The molecule has 1 saturated carbocycles. The van der Waals surface area contributed by atoms with Gasteiger partial charge in [-0.05, 0) is 31.9 Å². The number of carboxylic acid groups (broad SMARTS) is 1. The molecule has 0 atom stereocenters. The number of esters is 1. The predicted molar refractivity (Wildman–Crippen MR) is 68.0 cm³/mol. The Bertz CT molecular complexity index is 497. The van der Waals surface area contributed by atoms with Gasteiger partial charge in [-0.25, -0.2) is 9.78 Å². The van der Waals surface area contributed by atoms with E-state index >= 15 is 0 Å². The van der Waals surface area contributed by atoms with E-state index in [1.807, 2.05) is 0 Å². The summed E-state index contributed by atoms with van der Waals surface area (Å²) in [5.41, 5.74) is -0.380. The molecule has 1 aliphatic rings. The van der Waals surface area contributed by atoms with Crippen LogP contribution in [-0.2, 0) is 9.53 Å². The van der Waals surface area contributed by atoms with Gasteiger partial charge in [-0.3, -0.25) is 4.79 Å². The molecule has 1 fully saturated rings. The highest BCUT2D eigenvalue weighted by molar-refractivity contribution is 5.94. The number of carbonyl (C=O) groups is 2. The fourth-order valence-corrected chi connectivity index (χ4v) is 1.79. The molecule has 0 spiro atoms. The first-order valence-electron chi connectivity index (χ1n) is 6.18. The molecule has 2 N–H and O–H groups in total. The molecule has 1 aromatic rings. The van der Waals surface area contributed by atoms with Gasteiger partial charge in [0.05, 0.1) is 12.0 Å². The molecule has 1 aromatic heterocycles. The van der Waals surface area contributed by atoms with Crippen LogP contribution in [0.1, 0.15) is 30.1 Å². The van der Waals surface area contributed by atoms with Gasteiger partial charge in [-0.15, -0.1) is 0 Å². The molecular weight excluding hydrogens is 248 g/mol. The number of pyridine rings is 1. The van der Waals surface area contributed by atoms with Crippen molar-refractivity contribution in [2.75, 3.05) is 18.5 Å². The summed E-state index contributed by atoms with van der Waals surface area (Å²) < 4.78 is 4.93. The van der Waals surface area contributed by atoms with E-state index in [4.69, 9.17) is 9.84 Å². The zero-order valence-corrected chi connectivity index (χ0v) is 10.7. The van der Waals surface area contributed by atoms with E-state index < -0.39 is 17.4 Å². The van der Waals surface area contributed by atoms with E-state index in [-0.39, 0.29) is 13.2 Å². The van der Waals surface area contributed by atoms with Crippen LogP contribution in [0.2, 0.25) is 0 Å². The molecule has 0 aromatic carbocycles. The van der Waals surface area contributed by atoms with Crippen molar-refractivity contribution in [1.29, 1.82) is 0 Å². The number of aliphatic carboxylic acids is 1. The molecule has 6 nitrogen and oxygen atoms in total. The van der Waals surface area contributed by atoms with Gasteiger partial charge >= 0.3 is 11.9 Å². The molecule has 1 heterocycles. The first kappa shape index (κ1) is 13.3. The summed E-state index contributed by atoms with van der Waals surface area (Å²) in [6, 6.07) is 3.25. The number of rotatable bonds is 6. The maximum Gasteiger partial charge on any atom is 0.341 e. The van der Waals surface area contributed by atoms with Crippen molar-refractivity contribution in [1.82, 2.24) is 4.98 Å². The van der Waals surface area contributed by atoms with Crippen LogP contribution in [0.4, 0.5) is 5.82 Å². The normalized spacial score (nSPS) is 15.6. The van der Waals surface area contributed by atoms with Crippen molar-refractivity contribution in [3.05, 3.63) is 23.9 Å². The topological polar surface area (TPSA) is 88.5 Å². The number of carboxylic acids is 1. The average Bonchev–Trinajstić information content (AvgIpc) is 3.18. The van der Waals surface area contributed by atoms with E-state index in [1.165, 1.54) is 0 Å². The highest BCUT2D eigenvalue weighted by Crippen LogP contribution is 2.45. The summed E-state index contributed by atoms with van der Waals surface area (Å²) in [7, 11) is 0. The summed E-state index contributed by atoms with van der Waals surface area (Å²) >= 11 is 0. The average molecular weight is 264 g/mol. The number of nitrogens with one attached hydrogen (secondary N) is 1. The van der Waals surface area contributed by atoms with Gasteiger partial charge in [-0.1, -0.05) is 0 Å². The molecule has 0 unspecified atom stereocenters. The summed E-state index contributed by atoms with van der Waals surface area (Å²) in [4.78, 5) is 26.9. The van der Waals surface area contributed by atoms with Gasteiger partial charge in [0.15, 0.2) is 0 Å². The van der Waals surface area contributed by atoms with Crippen molar-refractivity contribution in [3.8, 4) is 0 Å². The van der Waals surface area contributed by atoms with E-state index in [1.54, 1.807) is 25.3 Å². The molecule has 6 heteroatoms. The van der Waals surface area contributed by atoms with Gasteiger partial charge in [-0.2, -0.15) is 0 Å². The van der Waals surface area contributed by atoms with Gasteiger partial charge in [0.2, 0.25) is 0 Å². The molecular formula is C13H16N2O4. The third-order valence-electron chi connectivity index (χ3n) is 3.20. The first-order valence-corrected chi connectivity index (χ1v) is 6.18. The molecule has 0 aliphatic heterocycles. The predicted octanol–water partition coefficient (Wildman–Crippen LogP) is 1.54. The van der Waals surface area contributed by atoms with E-state index in [0.717, 1.165) is 0 Å². The number of anilines is 1. The monoisotopic (exact) mass is 264 g/mol. The molecule has 1 aliphatic carbocycles. The van der Waals surface area contributed by atoms with Gasteiger partial charge < -0.3 is 15.2 Å². The maximum absolute atomic E-state index is 11.7. The zero-order valence-electron chi connectivity index (χ0n) is 10.7. The number of nitrogens with zero attached hydrogens (tertiary/aromatic N) is 1. The van der Waals surface area contributed by atoms with Crippen LogP contribution in [0.3, 0.4) is 0 Å². The van der Waals surface area contributed by atoms with Crippen LogP contribution < -0.4 is 5.32 Å². The summed E-state index contributed by atoms with van der Waals surface area (Å²) in [6.45, 7) is 2.28. The molecule has 0 bridgehead atoms. The third kappa shape index (κ3) is 2.83. The fraction of sp³-hybridized carbons (Fsp3) is 0.462. The number of carbonyl (C=O) groups excluding carboxylic acids is 1. The smallest absolute Gasteiger partial charge is 0.341 e. The van der Waals surface area contributed by atoms with Crippen LogP contribution in [0.25, 0.3) is 0 Å². The largest absolute Gasteiger partial charge is 0.481 e. The van der Waals surface area contributed by atoms with Crippen molar-refractivity contribution >= 4 is 17.8 Å². The standard InChI is InChI=1S/C13H16N2O4/c1-2-19-11(16)9-4-3-7-14-10(9)15-8-13(5-6-13)12(17)18/h3-4,7H,2,5-6,8H2,1H3,(H,14,15)(H,17,18). The maximum atomic E-state index is 11.7. The number of aromatic nitrogens is 1. The Labute approximate surface area is 110 Å². The molecule has 0 saturated heterocycles. The quantitative estimate of drug-likeness (QED) is 0.757. The minimum Gasteiger partial charge on any atom is -0.481 e. The Morgan fingerprint density at radius 3 is 2.84 bits per heavy atom. The van der Waals surface area contributed by atoms with E-state index in [2.05, 4.69) is 10.3 Å². The minimum absolute atomic E-state index is 0.270. The Hall–Kier alpha value is -2.11. The van der Waals surface area contributed by atoms with Gasteiger partial charge in [0.25, 0.3) is 0 Å². The molecule has 2 rings (SSSR count). The second-order valence-corrected chi connectivity index (χ2v) is 4.56. The lowest BCUT2D eigenvalue weighted by molar-refractivity contribution is -0.142. The van der Waals surface area contributed by atoms with E-state index in [0.29, 0.717) is 24.2 Å². The van der Waals surface area contributed by atoms with Gasteiger partial charge in [0.1, 0.15) is 11.4 Å². The van der Waals surface area contributed by atoms with Crippen molar-refractivity contribution in [2.45, 2.75) is 19.8 Å². The Balaban J connectivity index is 2.08. The second kappa shape index (κ2) is 5.26. The lowest BCUT2D eigenvalue weighted by atomic mass is 10.1. The number of ether oxygens (including phenoxy) is 1. The molecule has 102 valence electrons. The summed E-state index contributed by atoms with van der Waals surface area (Å²) in [5.74, 6) is -0.902. The Morgan fingerprint density at radius 2 is 2.26 bits per heavy atom. The van der Waals surface area contributed by atoms with Crippen molar-refractivity contribution in [3.63, 3.8) is 0 Å². The molecule has 0 amide bonds. The van der Waals surface area contributed by atoms with Gasteiger partial charge in [0, 0.05) is 12.7 Å². The van der Waals surface area contributed by atoms with Crippen LogP contribution >= 0.6 is 0 Å². The van der Waals surface area contributed by atoms with Crippen LogP contribution in [0, 0.1) is 5.41 Å². The molecule has 0 radical (unpaired) electrons. The first-order chi connectivity index (χ1) is 9.09. The van der Waals surface area contributed by atoms with Crippen molar-refractivity contribution in [2.24, 2.45) is 5.41 Å². The van der Waals surface area contributed by atoms with Crippen LogP contribution in [0.15, 0.2) is 18.3 Å².